The monoisotopic (exact) mass is 481 g/mol. The van der Waals surface area contributed by atoms with Gasteiger partial charge < -0.3 is 15.2 Å². The second-order valence-electron chi connectivity index (χ2n) is 7.80. The molecule has 0 saturated heterocycles. The second-order valence-corrected chi connectivity index (χ2v) is 9.80. The van der Waals surface area contributed by atoms with Crippen molar-refractivity contribution in [3.8, 4) is 5.88 Å². The molecule has 0 saturated carbocycles. The maximum absolute atomic E-state index is 14.8. The molecule has 1 aromatic carbocycles. The van der Waals surface area contributed by atoms with Crippen molar-refractivity contribution < 1.29 is 26.7 Å². The van der Waals surface area contributed by atoms with Crippen LogP contribution in [0, 0.1) is 5.82 Å². The average Bonchev–Trinajstić information content (AvgIpc) is 2.77. The van der Waals surface area contributed by atoms with E-state index in [2.05, 4.69) is 15.0 Å². The van der Waals surface area contributed by atoms with Gasteiger partial charge in [-0.3, -0.25) is 0 Å². The number of rotatable bonds is 7. The molecule has 0 radical (unpaired) electrons. The van der Waals surface area contributed by atoms with Gasteiger partial charge in [-0.1, -0.05) is 6.07 Å². The van der Waals surface area contributed by atoms with Crippen LogP contribution in [0.2, 0.25) is 0 Å². The van der Waals surface area contributed by atoms with Crippen molar-refractivity contribution in [1.82, 2.24) is 14.3 Å². The lowest BCUT2D eigenvalue weighted by Crippen LogP contribution is -2.50. The number of hydrogen-bond donors (Lipinski definition) is 1. The van der Waals surface area contributed by atoms with Crippen LogP contribution in [-0.2, 0) is 20.3 Å². The highest BCUT2D eigenvalue weighted by molar-refractivity contribution is 7.89. The van der Waals surface area contributed by atoms with Crippen LogP contribution in [0.5, 0.6) is 5.88 Å². The van der Waals surface area contributed by atoms with E-state index in [1.165, 1.54) is 38.5 Å². The van der Waals surface area contributed by atoms with E-state index >= 15 is 0 Å². The van der Waals surface area contributed by atoms with E-state index in [0.29, 0.717) is 0 Å². The molecule has 3 rings (SSSR count). The molecule has 0 fully saturated rings. The van der Waals surface area contributed by atoms with Crippen molar-refractivity contribution >= 4 is 27.9 Å². The van der Waals surface area contributed by atoms with Crippen molar-refractivity contribution in [1.29, 1.82) is 0 Å². The topological polar surface area (TPSA) is 120 Å². The van der Waals surface area contributed by atoms with E-state index in [-0.39, 0.29) is 41.4 Å². The Morgan fingerprint density at radius 2 is 2.09 bits per heavy atom. The number of hydrogen-bond acceptors (Lipinski definition) is 8. The molecular weight excluding hydrogens is 456 g/mol. The predicted octanol–water partition coefficient (Wildman–Crippen LogP) is 2.30. The predicted molar refractivity (Wildman–Crippen MR) is 120 cm³/mol. The summed E-state index contributed by atoms with van der Waals surface area (Å²) in [6.45, 7) is 3.54. The Morgan fingerprint density at radius 3 is 2.70 bits per heavy atom. The third kappa shape index (κ3) is 5.45. The number of guanidine groups is 1. The first-order valence-electron chi connectivity index (χ1n) is 9.92. The fourth-order valence-corrected chi connectivity index (χ4v) is 4.59. The lowest BCUT2D eigenvalue weighted by Gasteiger charge is -2.34. The number of aliphatic imine (C=N–C) groups is 1. The van der Waals surface area contributed by atoms with Crippen molar-refractivity contribution in [2.24, 2.45) is 10.7 Å². The van der Waals surface area contributed by atoms with Crippen molar-refractivity contribution in [3.63, 3.8) is 0 Å². The van der Waals surface area contributed by atoms with E-state index in [4.69, 9.17) is 15.2 Å². The average molecular weight is 482 g/mol. The van der Waals surface area contributed by atoms with Gasteiger partial charge in [0.1, 0.15) is 23.7 Å². The van der Waals surface area contributed by atoms with Crippen LogP contribution in [0.25, 0.3) is 11.9 Å². The molecule has 0 bridgehead atoms. The Morgan fingerprint density at radius 1 is 1.36 bits per heavy atom. The number of nitrogens with two attached hydrogens (primary N) is 1. The van der Waals surface area contributed by atoms with Crippen molar-refractivity contribution in [2.75, 3.05) is 26.5 Å². The van der Waals surface area contributed by atoms with E-state index in [1.54, 1.807) is 7.11 Å². The number of benzene rings is 1. The molecule has 2 heterocycles. The Hall–Kier alpha value is -3.12. The molecule has 2 atom stereocenters. The maximum Gasteiger partial charge on any atom is 0.239 e. The molecule has 1 aliphatic rings. The largest absolute Gasteiger partial charge is 0.474 e. The molecule has 0 amide bonds. The lowest BCUT2D eigenvalue weighted by atomic mass is 9.92. The smallest absolute Gasteiger partial charge is 0.239 e. The molecule has 0 aliphatic carbocycles. The molecule has 1 aromatic heterocycles. The molecule has 1 aliphatic heterocycles. The van der Waals surface area contributed by atoms with Gasteiger partial charge >= 0.3 is 0 Å². The van der Waals surface area contributed by atoms with E-state index in [0.717, 1.165) is 16.4 Å². The summed E-state index contributed by atoms with van der Waals surface area (Å²) in [6.07, 6.45) is 3.49. The summed E-state index contributed by atoms with van der Waals surface area (Å²) in [7, 11) is -0.970. The highest BCUT2D eigenvalue weighted by Crippen LogP contribution is 2.34. The first kappa shape index (κ1) is 24.5. The van der Waals surface area contributed by atoms with Gasteiger partial charge in [0.05, 0.1) is 24.3 Å². The Balaban J connectivity index is 1.88. The van der Waals surface area contributed by atoms with E-state index < -0.39 is 33.0 Å². The molecule has 0 spiro atoms. The summed E-state index contributed by atoms with van der Waals surface area (Å²) in [5.41, 5.74) is 4.47. The standard InChI is InChI=1S/C21H25F2N5O4S/c1-13(31-4)11-32-19-10-25-18(9-26-19)17(23)8-14-5-6-16(22)15(7-14)21(2)12-33(29,30)28(3)20(24)27-21/h5-10,13H,11-12H2,1-4H3,(H2,24,27)/b17-8-/t13?,21-/m0/s1. The van der Waals surface area contributed by atoms with Crippen LogP contribution in [0.3, 0.4) is 0 Å². The molecule has 2 aromatic rings. The second kappa shape index (κ2) is 9.40. The summed E-state index contributed by atoms with van der Waals surface area (Å²) in [6, 6.07) is 3.81. The van der Waals surface area contributed by atoms with Crippen LogP contribution in [0.15, 0.2) is 35.6 Å². The van der Waals surface area contributed by atoms with Gasteiger partial charge in [-0.15, -0.1) is 0 Å². The number of ether oxygens (including phenoxy) is 2. The van der Waals surface area contributed by atoms with Crippen LogP contribution >= 0.6 is 0 Å². The quantitative estimate of drug-likeness (QED) is 0.644. The van der Waals surface area contributed by atoms with Gasteiger partial charge in [-0.25, -0.2) is 36.5 Å². The lowest BCUT2D eigenvalue weighted by molar-refractivity contribution is 0.0698. The summed E-state index contributed by atoms with van der Waals surface area (Å²) in [5.74, 6) is -1.93. The fourth-order valence-electron chi connectivity index (χ4n) is 3.14. The van der Waals surface area contributed by atoms with Gasteiger partial charge in [-0.05, 0) is 37.6 Å². The zero-order chi connectivity index (χ0) is 24.4. The SMILES string of the molecule is COC(C)COc1cnc(/C(F)=C/c2ccc(F)c([C@]3(C)CS(=O)(=O)N(C)C(N)=N3)c2)cn1. The first-order chi connectivity index (χ1) is 15.4. The van der Waals surface area contributed by atoms with Gasteiger partial charge in [0.15, 0.2) is 5.83 Å². The fraction of sp³-hybridized carbons (Fsp3) is 0.381. The molecule has 9 nitrogen and oxygen atoms in total. The Bertz CT molecular complexity index is 1190. The van der Waals surface area contributed by atoms with Gasteiger partial charge in [0, 0.05) is 19.7 Å². The molecule has 2 N–H and O–H groups in total. The minimum Gasteiger partial charge on any atom is -0.474 e. The third-order valence-electron chi connectivity index (χ3n) is 5.17. The summed E-state index contributed by atoms with van der Waals surface area (Å²) in [4.78, 5) is 12.2. The minimum atomic E-state index is -3.79. The molecule has 12 heteroatoms. The Kier molecular flexibility index (Phi) is 6.98. The highest BCUT2D eigenvalue weighted by atomic mass is 32.2. The van der Waals surface area contributed by atoms with Gasteiger partial charge in [-0.2, -0.15) is 0 Å². The number of aromatic nitrogens is 2. The number of methoxy groups -OCH3 is 1. The number of halogens is 2. The number of sulfonamides is 1. The van der Waals surface area contributed by atoms with Gasteiger partial charge in [0.2, 0.25) is 21.9 Å². The number of nitrogens with zero attached hydrogens (tertiary/aromatic N) is 4. The molecule has 33 heavy (non-hydrogen) atoms. The normalized spacial score (nSPS) is 21.5. The van der Waals surface area contributed by atoms with Crippen LogP contribution in [0.1, 0.15) is 30.7 Å². The minimum absolute atomic E-state index is 0.0224. The Labute approximate surface area is 191 Å². The van der Waals surface area contributed by atoms with E-state index in [1.807, 2.05) is 6.92 Å². The summed E-state index contributed by atoms with van der Waals surface area (Å²) < 4.78 is 65.6. The molecular formula is C21H25F2N5O4S. The third-order valence-corrected chi connectivity index (χ3v) is 7.12. The molecule has 178 valence electrons. The van der Waals surface area contributed by atoms with Crippen molar-refractivity contribution in [3.05, 3.63) is 53.2 Å². The van der Waals surface area contributed by atoms with Crippen LogP contribution in [0.4, 0.5) is 8.78 Å². The first-order valence-corrected chi connectivity index (χ1v) is 11.5. The molecule has 1 unspecified atom stereocenters. The van der Waals surface area contributed by atoms with Crippen LogP contribution < -0.4 is 10.5 Å². The van der Waals surface area contributed by atoms with Crippen LogP contribution in [-0.4, -0.2) is 61.3 Å². The zero-order valence-electron chi connectivity index (χ0n) is 18.6. The zero-order valence-corrected chi connectivity index (χ0v) is 19.4. The summed E-state index contributed by atoms with van der Waals surface area (Å²) >= 11 is 0. The highest BCUT2D eigenvalue weighted by Gasteiger charge is 2.41. The summed E-state index contributed by atoms with van der Waals surface area (Å²) in [5, 5.41) is 0. The van der Waals surface area contributed by atoms with Crippen molar-refractivity contribution in [2.45, 2.75) is 25.5 Å². The maximum atomic E-state index is 14.8. The van der Waals surface area contributed by atoms with E-state index in [9.17, 15) is 17.2 Å². The van der Waals surface area contributed by atoms with Gasteiger partial charge in [0.25, 0.3) is 0 Å².